The van der Waals surface area contributed by atoms with Crippen molar-refractivity contribution >= 4 is 11.9 Å². The highest BCUT2D eigenvalue weighted by Crippen LogP contribution is 2.56. The molecule has 1 saturated heterocycles. The molecule has 1 heterocycles. The highest BCUT2D eigenvalue weighted by atomic mass is 16.5. The number of esters is 2. The fraction of sp³-hybridized carbons (Fsp3) is 0.600. The van der Waals surface area contributed by atoms with Crippen molar-refractivity contribution in [3.8, 4) is 0 Å². The Morgan fingerprint density at radius 2 is 1.56 bits per heavy atom. The van der Waals surface area contributed by atoms with Crippen LogP contribution in [0.15, 0.2) is 30.3 Å². The Morgan fingerprint density at radius 3 is 2.12 bits per heavy atom. The number of benzene rings is 1. The Hall–Kier alpha value is -1.88. The normalized spacial score (nSPS) is 21.8. The first-order valence-electron chi connectivity index (χ1n) is 9.01. The summed E-state index contributed by atoms with van der Waals surface area (Å²) in [6, 6.07) is 10.2. The summed E-state index contributed by atoms with van der Waals surface area (Å²) in [5.74, 6) is -0.895. The van der Waals surface area contributed by atoms with Gasteiger partial charge in [0, 0.05) is 25.0 Å². The third-order valence-corrected chi connectivity index (χ3v) is 6.02. The summed E-state index contributed by atoms with van der Waals surface area (Å²) in [7, 11) is 2.73. The molecular weight excluding hydrogens is 318 g/mol. The Morgan fingerprint density at radius 1 is 0.960 bits per heavy atom. The van der Waals surface area contributed by atoms with E-state index in [-0.39, 0.29) is 5.41 Å². The Labute approximate surface area is 149 Å². The average molecular weight is 345 g/mol. The van der Waals surface area contributed by atoms with Gasteiger partial charge >= 0.3 is 11.9 Å². The van der Waals surface area contributed by atoms with Gasteiger partial charge in [-0.2, -0.15) is 0 Å². The van der Waals surface area contributed by atoms with Crippen LogP contribution in [0.5, 0.6) is 0 Å². The van der Waals surface area contributed by atoms with Crippen molar-refractivity contribution in [3.05, 3.63) is 35.9 Å². The molecule has 2 fully saturated rings. The number of nitrogens with zero attached hydrogens (tertiary/aromatic N) is 1. The Kier molecular flexibility index (Phi) is 5.13. The van der Waals surface area contributed by atoms with E-state index in [1.54, 1.807) is 0 Å². The van der Waals surface area contributed by atoms with E-state index in [1.165, 1.54) is 19.8 Å². The molecule has 0 amide bonds. The molecule has 0 aromatic heterocycles. The number of hydrogen-bond acceptors (Lipinski definition) is 5. The largest absolute Gasteiger partial charge is 0.468 e. The fourth-order valence-electron chi connectivity index (χ4n) is 4.88. The van der Waals surface area contributed by atoms with E-state index in [9.17, 15) is 9.59 Å². The van der Waals surface area contributed by atoms with Crippen LogP contribution in [0, 0.1) is 10.8 Å². The first kappa shape index (κ1) is 17.9. The predicted octanol–water partition coefficient (Wildman–Crippen LogP) is 2.79. The van der Waals surface area contributed by atoms with Crippen LogP contribution < -0.4 is 0 Å². The van der Waals surface area contributed by atoms with E-state index in [2.05, 4.69) is 17.0 Å². The predicted molar refractivity (Wildman–Crippen MR) is 93.7 cm³/mol. The highest BCUT2D eigenvalue weighted by Gasteiger charge is 2.67. The van der Waals surface area contributed by atoms with Crippen molar-refractivity contribution in [2.75, 3.05) is 27.3 Å². The molecule has 5 nitrogen and oxygen atoms in total. The lowest BCUT2D eigenvalue weighted by Gasteiger charge is -2.43. The van der Waals surface area contributed by atoms with Gasteiger partial charge in [-0.1, -0.05) is 49.6 Å². The third-order valence-electron chi connectivity index (χ3n) is 6.02. The maximum Gasteiger partial charge on any atom is 0.325 e. The van der Waals surface area contributed by atoms with Crippen molar-refractivity contribution in [3.63, 3.8) is 0 Å². The molecule has 0 bridgehead atoms. The van der Waals surface area contributed by atoms with Crippen LogP contribution in [-0.4, -0.2) is 44.1 Å². The molecule has 1 saturated carbocycles. The van der Waals surface area contributed by atoms with Gasteiger partial charge in [-0.15, -0.1) is 0 Å². The van der Waals surface area contributed by atoms with Gasteiger partial charge in [0.2, 0.25) is 0 Å². The molecule has 0 N–H and O–H groups in total. The zero-order valence-electron chi connectivity index (χ0n) is 15.1. The van der Waals surface area contributed by atoms with Crippen molar-refractivity contribution < 1.29 is 19.1 Å². The number of rotatable bonds is 4. The lowest BCUT2D eigenvalue weighted by atomic mass is 9.58. The Bertz CT molecular complexity index is 606. The molecule has 136 valence electrons. The van der Waals surface area contributed by atoms with E-state index in [4.69, 9.17) is 9.47 Å². The monoisotopic (exact) mass is 345 g/mol. The van der Waals surface area contributed by atoms with E-state index >= 15 is 0 Å². The minimum absolute atomic E-state index is 0.362. The van der Waals surface area contributed by atoms with Crippen LogP contribution in [-0.2, 0) is 25.6 Å². The van der Waals surface area contributed by atoms with E-state index < -0.39 is 17.4 Å². The highest BCUT2D eigenvalue weighted by molar-refractivity contribution is 6.02. The molecule has 1 aliphatic heterocycles. The maximum atomic E-state index is 12.9. The summed E-state index contributed by atoms with van der Waals surface area (Å²) in [5, 5.41) is 0. The Balaban J connectivity index is 1.97. The topological polar surface area (TPSA) is 55.8 Å². The number of carbonyl (C=O) groups excluding carboxylic acids is 2. The SMILES string of the molecule is COC(=O)C1(C(=O)OC)CN(Cc2ccccc2)CC12CCCCC2. The molecule has 1 spiro atoms. The number of hydrogen-bond donors (Lipinski definition) is 0. The second-order valence-electron chi connectivity index (χ2n) is 7.36. The van der Waals surface area contributed by atoms with Crippen LogP contribution in [0.3, 0.4) is 0 Å². The molecule has 1 aromatic rings. The summed E-state index contributed by atoms with van der Waals surface area (Å²) < 4.78 is 10.2. The zero-order valence-corrected chi connectivity index (χ0v) is 15.1. The van der Waals surface area contributed by atoms with Gasteiger partial charge in [0.05, 0.1) is 14.2 Å². The molecule has 0 atom stereocenters. The average Bonchev–Trinajstić information content (AvgIpc) is 2.95. The van der Waals surface area contributed by atoms with Crippen LogP contribution in [0.2, 0.25) is 0 Å². The van der Waals surface area contributed by atoms with Crippen LogP contribution >= 0.6 is 0 Å². The number of likely N-dealkylation sites (tertiary alicyclic amines) is 1. The van der Waals surface area contributed by atoms with E-state index in [0.29, 0.717) is 6.54 Å². The van der Waals surface area contributed by atoms with Gasteiger partial charge in [0.25, 0.3) is 0 Å². The number of methoxy groups -OCH3 is 2. The second-order valence-corrected chi connectivity index (χ2v) is 7.36. The molecule has 1 aromatic carbocycles. The lowest BCUT2D eigenvalue weighted by molar-refractivity contribution is -0.178. The summed E-state index contributed by atoms with van der Waals surface area (Å²) >= 11 is 0. The number of carbonyl (C=O) groups is 2. The lowest BCUT2D eigenvalue weighted by Crippen LogP contribution is -2.54. The minimum atomic E-state index is -1.22. The maximum absolute atomic E-state index is 12.9. The molecule has 1 aliphatic carbocycles. The van der Waals surface area contributed by atoms with Gasteiger partial charge in [-0.25, -0.2) is 0 Å². The molecule has 25 heavy (non-hydrogen) atoms. The van der Waals surface area contributed by atoms with E-state index in [0.717, 1.165) is 45.2 Å². The van der Waals surface area contributed by atoms with Gasteiger partial charge in [0.15, 0.2) is 5.41 Å². The van der Waals surface area contributed by atoms with Crippen LogP contribution in [0.1, 0.15) is 37.7 Å². The quantitative estimate of drug-likeness (QED) is 0.620. The number of ether oxygens (including phenoxy) is 2. The van der Waals surface area contributed by atoms with Gasteiger partial charge in [-0.3, -0.25) is 14.5 Å². The minimum Gasteiger partial charge on any atom is -0.468 e. The molecule has 2 aliphatic rings. The second kappa shape index (κ2) is 7.16. The summed E-state index contributed by atoms with van der Waals surface area (Å²) in [4.78, 5) is 27.9. The molecule has 3 rings (SSSR count). The summed E-state index contributed by atoms with van der Waals surface area (Å²) in [5.41, 5.74) is -0.426. The van der Waals surface area contributed by atoms with E-state index in [1.807, 2.05) is 18.2 Å². The van der Waals surface area contributed by atoms with Crippen LogP contribution in [0.4, 0.5) is 0 Å². The molecule has 0 radical (unpaired) electrons. The van der Waals surface area contributed by atoms with Crippen molar-refractivity contribution in [1.82, 2.24) is 4.90 Å². The molecule has 5 heteroatoms. The standard InChI is InChI=1S/C20H27NO4/c1-24-17(22)20(18(23)25-2)15-21(13-16-9-5-3-6-10-16)14-19(20)11-7-4-8-12-19/h3,5-6,9-10H,4,7-8,11-15H2,1-2H3. The van der Waals surface area contributed by atoms with Gasteiger partial charge in [0.1, 0.15) is 0 Å². The van der Waals surface area contributed by atoms with Gasteiger partial charge < -0.3 is 9.47 Å². The van der Waals surface area contributed by atoms with Crippen LogP contribution in [0.25, 0.3) is 0 Å². The van der Waals surface area contributed by atoms with Gasteiger partial charge in [-0.05, 0) is 18.4 Å². The molecular formula is C20H27NO4. The first-order chi connectivity index (χ1) is 12.1. The fourth-order valence-corrected chi connectivity index (χ4v) is 4.88. The first-order valence-corrected chi connectivity index (χ1v) is 9.01. The smallest absolute Gasteiger partial charge is 0.325 e. The van der Waals surface area contributed by atoms with Crippen molar-refractivity contribution in [2.45, 2.75) is 38.6 Å². The van der Waals surface area contributed by atoms with Crippen molar-refractivity contribution in [1.29, 1.82) is 0 Å². The summed E-state index contributed by atoms with van der Waals surface area (Å²) in [6.07, 6.45) is 4.95. The summed E-state index contributed by atoms with van der Waals surface area (Å²) in [6.45, 7) is 1.81. The van der Waals surface area contributed by atoms with Crippen molar-refractivity contribution in [2.24, 2.45) is 10.8 Å². The molecule has 0 unspecified atom stereocenters. The third kappa shape index (κ3) is 2.95. The zero-order chi connectivity index (χ0) is 17.9.